The molecule has 1 N–H and O–H groups in total. The third-order valence-corrected chi connectivity index (χ3v) is 2.61. The van der Waals surface area contributed by atoms with E-state index in [0.29, 0.717) is 11.5 Å². The van der Waals surface area contributed by atoms with Gasteiger partial charge in [0, 0.05) is 25.8 Å². The van der Waals surface area contributed by atoms with E-state index in [2.05, 4.69) is 0 Å². The average Bonchev–Trinajstić information content (AvgIpc) is 2.42. The van der Waals surface area contributed by atoms with Crippen LogP contribution in [0.15, 0.2) is 18.2 Å². The third kappa shape index (κ3) is 4.70. The molecule has 0 saturated heterocycles. The monoisotopic (exact) mass is 270 g/mol. The molecule has 0 amide bonds. The Morgan fingerprint density at radius 3 is 2.26 bits per heavy atom. The fourth-order valence-corrected chi connectivity index (χ4v) is 1.58. The SMILES string of the molecule is COCOc1ccc([C@@H](O)C(C)C)c(OCOC)c1. The second-order valence-corrected chi connectivity index (χ2v) is 4.49. The quantitative estimate of drug-likeness (QED) is 0.735. The normalized spacial score (nSPS) is 12.5. The third-order valence-electron chi connectivity index (χ3n) is 2.61. The van der Waals surface area contributed by atoms with Crippen LogP contribution in [0.4, 0.5) is 0 Å². The first-order valence-electron chi connectivity index (χ1n) is 6.15. The smallest absolute Gasteiger partial charge is 0.188 e. The molecule has 0 heterocycles. The standard InChI is InChI=1S/C14H22O5/c1-10(2)14(15)12-6-5-11(18-8-16-3)7-13(12)19-9-17-4/h5-7,10,14-15H,8-9H2,1-4H3/t14-/m0/s1. The zero-order chi connectivity index (χ0) is 14.3. The highest BCUT2D eigenvalue weighted by Gasteiger charge is 2.18. The van der Waals surface area contributed by atoms with Gasteiger partial charge in [0.25, 0.3) is 0 Å². The molecule has 0 fully saturated rings. The van der Waals surface area contributed by atoms with Crippen molar-refractivity contribution in [3.8, 4) is 11.5 Å². The highest BCUT2D eigenvalue weighted by molar-refractivity contribution is 5.42. The second-order valence-electron chi connectivity index (χ2n) is 4.49. The Balaban J connectivity index is 2.94. The Morgan fingerprint density at radius 1 is 1.05 bits per heavy atom. The van der Waals surface area contributed by atoms with Crippen molar-refractivity contribution in [3.63, 3.8) is 0 Å². The van der Waals surface area contributed by atoms with Gasteiger partial charge in [0.15, 0.2) is 13.6 Å². The fourth-order valence-electron chi connectivity index (χ4n) is 1.58. The Kier molecular flexibility index (Phi) is 6.62. The predicted molar refractivity (Wildman–Crippen MR) is 71.2 cm³/mol. The fraction of sp³-hybridized carbons (Fsp3) is 0.571. The summed E-state index contributed by atoms with van der Waals surface area (Å²) in [5, 5.41) is 10.2. The minimum absolute atomic E-state index is 0.0932. The van der Waals surface area contributed by atoms with Crippen LogP contribution in [-0.2, 0) is 9.47 Å². The molecule has 1 rings (SSSR count). The highest BCUT2D eigenvalue weighted by atomic mass is 16.7. The van der Waals surface area contributed by atoms with Gasteiger partial charge < -0.3 is 24.1 Å². The molecule has 108 valence electrons. The van der Waals surface area contributed by atoms with E-state index in [0.717, 1.165) is 5.56 Å². The van der Waals surface area contributed by atoms with Crippen LogP contribution >= 0.6 is 0 Å². The van der Waals surface area contributed by atoms with Crippen LogP contribution in [-0.4, -0.2) is 32.9 Å². The van der Waals surface area contributed by atoms with E-state index >= 15 is 0 Å². The molecule has 0 aliphatic carbocycles. The zero-order valence-corrected chi connectivity index (χ0v) is 11.9. The molecule has 0 aliphatic rings. The zero-order valence-electron chi connectivity index (χ0n) is 11.9. The summed E-state index contributed by atoms with van der Waals surface area (Å²) in [6.45, 7) is 4.17. The Morgan fingerprint density at radius 2 is 1.68 bits per heavy atom. The number of benzene rings is 1. The molecule has 0 spiro atoms. The number of ether oxygens (including phenoxy) is 4. The lowest BCUT2D eigenvalue weighted by Gasteiger charge is -2.19. The minimum atomic E-state index is -0.594. The van der Waals surface area contributed by atoms with E-state index in [1.54, 1.807) is 32.4 Å². The van der Waals surface area contributed by atoms with Crippen molar-refractivity contribution in [1.29, 1.82) is 0 Å². The van der Waals surface area contributed by atoms with Crippen molar-refractivity contribution in [2.24, 2.45) is 5.92 Å². The molecule has 19 heavy (non-hydrogen) atoms. The molecule has 0 unspecified atom stereocenters. The van der Waals surface area contributed by atoms with E-state index in [1.165, 1.54) is 0 Å². The van der Waals surface area contributed by atoms with Gasteiger partial charge in [0.2, 0.25) is 0 Å². The summed E-state index contributed by atoms with van der Waals surface area (Å²) in [7, 11) is 3.10. The first kappa shape index (κ1) is 15.8. The number of methoxy groups -OCH3 is 2. The lowest BCUT2D eigenvalue weighted by atomic mass is 9.98. The summed E-state index contributed by atoms with van der Waals surface area (Å²) < 4.78 is 20.6. The van der Waals surface area contributed by atoms with Crippen molar-refractivity contribution in [2.45, 2.75) is 20.0 Å². The lowest BCUT2D eigenvalue weighted by Crippen LogP contribution is -2.10. The van der Waals surface area contributed by atoms with E-state index in [1.807, 2.05) is 13.8 Å². The topological polar surface area (TPSA) is 57.2 Å². The van der Waals surface area contributed by atoms with E-state index in [-0.39, 0.29) is 19.5 Å². The number of hydrogen-bond acceptors (Lipinski definition) is 5. The molecule has 5 heteroatoms. The van der Waals surface area contributed by atoms with Crippen LogP contribution in [0.5, 0.6) is 11.5 Å². The molecule has 0 aliphatic heterocycles. The van der Waals surface area contributed by atoms with E-state index in [9.17, 15) is 5.11 Å². The molecule has 1 aromatic carbocycles. The van der Waals surface area contributed by atoms with Crippen LogP contribution in [0.3, 0.4) is 0 Å². The maximum absolute atomic E-state index is 10.2. The minimum Gasteiger partial charge on any atom is -0.467 e. The molecular weight excluding hydrogens is 248 g/mol. The van der Waals surface area contributed by atoms with Crippen molar-refractivity contribution < 1.29 is 24.1 Å². The maximum Gasteiger partial charge on any atom is 0.188 e. The van der Waals surface area contributed by atoms with Gasteiger partial charge in [-0.25, -0.2) is 0 Å². The first-order chi connectivity index (χ1) is 9.10. The van der Waals surface area contributed by atoms with Gasteiger partial charge >= 0.3 is 0 Å². The molecule has 1 aromatic rings. The van der Waals surface area contributed by atoms with Crippen molar-refractivity contribution >= 4 is 0 Å². The summed E-state index contributed by atoms with van der Waals surface area (Å²) in [6.07, 6.45) is -0.594. The summed E-state index contributed by atoms with van der Waals surface area (Å²) in [5.41, 5.74) is 0.719. The van der Waals surface area contributed by atoms with Crippen LogP contribution in [0, 0.1) is 5.92 Å². The first-order valence-corrected chi connectivity index (χ1v) is 6.15. The summed E-state index contributed by atoms with van der Waals surface area (Å²) >= 11 is 0. The highest BCUT2D eigenvalue weighted by Crippen LogP contribution is 2.33. The van der Waals surface area contributed by atoms with Crippen LogP contribution in [0.25, 0.3) is 0 Å². The van der Waals surface area contributed by atoms with Gasteiger partial charge in [-0.15, -0.1) is 0 Å². The van der Waals surface area contributed by atoms with Crippen LogP contribution in [0.2, 0.25) is 0 Å². The van der Waals surface area contributed by atoms with Gasteiger partial charge in [-0.05, 0) is 18.1 Å². The number of hydrogen-bond donors (Lipinski definition) is 1. The molecule has 5 nitrogen and oxygen atoms in total. The van der Waals surface area contributed by atoms with Crippen molar-refractivity contribution in [2.75, 3.05) is 27.8 Å². The van der Waals surface area contributed by atoms with Gasteiger partial charge in [0.05, 0.1) is 6.10 Å². The maximum atomic E-state index is 10.2. The van der Waals surface area contributed by atoms with Gasteiger partial charge in [-0.1, -0.05) is 13.8 Å². The lowest BCUT2D eigenvalue weighted by molar-refractivity contribution is 0.0425. The number of aliphatic hydroxyl groups excluding tert-OH is 1. The largest absolute Gasteiger partial charge is 0.467 e. The Labute approximate surface area is 114 Å². The molecule has 0 bridgehead atoms. The molecule has 0 radical (unpaired) electrons. The van der Waals surface area contributed by atoms with E-state index in [4.69, 9.17) is 18.9 Å². The Bertz CT molecular complexity index is 378. The van der Waals surface area contributed by atoms with Gasteiger partial charge in [-0.3, -0.25) is 0 Å². The molecule has 0 aromatic heterocycles. The van der Waals surface area contributed by atoms with Crippen LogP contribution in [0.1, 0.15) is 25.5 Å². The molecule has 0 saturated carbocycles. The summed E-state index contributed by atoms with van der Waals surface area (Å²) in [4.78, 5) is 0. The number of aliphatic hydroxyl groups is 1. The van der Waals surface area contributed by atoms with E-state index < -0.39 is 6.10 Å². The molecular formula is C14H22O5. The molecule has 1 atom stereocenters. The van der Waals surface area contributed by atoms with Crippen molar-refractivity contribution in [3.05, 3.63) is 23.8 Å². The van der Waals surface area contributed by atoms with Gasteiger partial charge in [0.1, 0.15) is 11.5 Å². The van der Waals surface area contributed by atoms with Crippen molar-refractivity contribution in [1.82, 2.24) is 0 Å². The number of rotatable bonds is 8. The van der Waals surface area contributed by atoms with Gasteiger partial charge in [-0.2, -0.15) is 0 Å². The summed E-state index contributed by atoms with van der Waals surface area (Å²) in [5.74, 6) is 1.26. The average molecular weight is 270 g/mol. The Hall–Kier alpha value is -1.30. The summed E-state index contributed by atoms with van der Waals surface area (Å²) in [6, 6.07) is 5.29. The second kappa shape index (κ2) is 7.99. The van der Waals surface area contributed by atoms with Crippen LogP contribution < -0.4 is 9.47 Å². The predicted octanol–water partition coefficient (Wildman–Crippen LogP) is 2.34.